The summed E-state index contributed by atoms with van der Waals surface area (Å²) in [5, 5.41) is 9.87. The molecule has 2 N–H and O–H groups in total. The van der Waals surface area contributed by atoms with Crippen molar-refractivity contribution in [3.8, 4) is 16.9 Å². The molecule has 10 heteroatoms. The van der Waals surface area contributed by atoms with Crippen LogP contribution in [0.1, 0.15) is 33.6 Å². The third-order valence-corrected chi connectivity index (χ3v) is 7.15. The summed E-state index contributed by atoms with van der Waals surface area (Å²) in [4.78, 5) is 25.8. The number of rotatable bonds is 6. The van der Waals surface area contributed by atoms with E-state index in [4.69, 9.17) is 9.47 Å². The normalized spacial score (nSPS) is 16.1. The number of likely N-dealkylation sites (tertiary alicyclic amines) is 1. The molecule has 0 spiro atoms. The molecule has 0 aliphatic carbocycles. The van der Waals surface area contributed by atoms with Gasteiger partial charge in [-0.15, -0.1) is 0 Å². The number of hydrogen-bond acceptors (Lipinski definition) is 6. The summed E-state index contributed by atoms with van der Waals surface area (Å²) in [5.41, 5.74) is -0.710. The summed E-state index contributed by atoms with van der Waals surface area (Å²) in [6.07, 6.45) is -0.710. The van der Waals surface area contributed by atoms with E-state index < -0.39 is 33.2 Å². The molecule has 1 fully saturated rings. The van der Waals surface area contributed by atoms with Gasteiger partial charge in [-0.05, 0) is 69.0 Å². The van der Waals surface area contributed by atoms with Crippen LogP contribution in [0, 0.1) is 0 Å². The predicted octanol–water partition coefficient (Wildman–Crippen LogP) is 3.49. The average molecular weight is 491 g/mol. The predicted molar refractivity (Wildman–Crippen MR) is 126 cm³/mol. The maximum absolute atomic E-state index is 13.0. The zero-order valence-electron chi connectivity index (χ0n) is 19.7. The van der Waals surface area contributed by atoms with Crippen molar-refractivity contribution < 1.29 is 32.6 Å². The molecule has 0 atom stereocenters. The lowest BCUT2D eigenvalue weighted by molar-refractivity contribution is -0.146. The van der Waals surface area contributed by atoms with Crippen molar-refractivity contribution in [2.24, 2.45) is 0 Å². The van der Waals surface area contributed by atoms with Gasteiger partial charge in [-0.25, -0.2) is 13.2 Å². The van der Waals surface area contributed by atoms with Gasteiger partial charge in [0.15, 0.2) is 0 Å². The zero-order valence-corrected chi connectivity index (χ0v) is 20.5. The first-order valence-electron chi connectivity index (χ1n) is 10.8. The Morgan fingerprint density at radius 3 is 1.91 bits per heavy atom. The van der Waals surface area contributed by atoms with Gasteiger partial charge in [0.2, 0.25) is 10.0 Å². The fraction of sp³-hybridized carbons (Fsp3) is 0.417. The summed E-state index contributed by atoms with van der Waals surface area (Å²) in [6, 6.07) is 13.5. The van der Waals surface area contributed by atoms with E-state index in [0.29, 0.717) is 5.75 Å². The Balaban J connectivity index is 1.74. The van der Waals surface area contributed by atoms with Gasteiger partial charge in [-0.2, -0.15) is 4.72 Å². The molecule has 0 aromatic heterocycles. The van der Waals surface area contributed by atoms with Crippen LogP contribution >= 0.6 is 0 Å². The van der Waals surface area contributed by atoms with Crippen LogP contribution in [0.5, 0.6) is 5.75 Å². The van der Waals surface area contributed by atoms with Crippen molar-refractivity contribution in [3.63, 3.8) is 0 Å². The third kappa shape index (κ3) is 5.87. The highest BCUT2D eigenvalue weighted by Gasteiger charge is 2.46. The summed E-state index contributed by atoms with van der Waals surface area (Å²) < 4.78 is 39.0. The van der Waals surface area contributed by atoms with Gasteiger partial charge in [0, 0.05) is 13.1 Å². The van der Waals surface area contributed by atoms with E-state index in [2.05, 4.69) is 4.72 Å². The molecular formula is C24H30N2O7S. The van der Waals surface area contributed by atoms with Crippen LogP contribution in [0.4, 0.5) is 4.79 Å². The first-order valence-corrected chi connectivity index (χ1v) is 12.3. The van der Waals surface area contributed by atoms with Gasteiger partial charge in [0.05, 0.1) is 12.0 Å². The number of carbonyl (C=O) groups is 2. The van der Waals surface area contributed by atoms with Gasteiger partial charge >= 0.3 is 12.1 Å². The molecule has 1 aliphatic heterocycles. The lowest BCUT2D eigenvalue weighted by Crippen LogP contribution is -2.60. The number of aliphatic carboxylic acids is 1. The Bertz CT molecular complexity index is 1130. The van der Waals surface area contributed by atoms with Gasteiger partial charge in [-0.3, -0.25) is 4.79 Å². The molecule has 0 bridgehead atoms. The molecule has 34 heavy (non-hydrogen) atoms. The molecule has 1 heterocycles. The van der Waals surface area contributed by atoms with E-state index in [1.54, 1.807) is 40.0 Å². The number of benzene rings is 2. The highest BCUT2D eigenvalue weighted by molar-refractivity contribution is 7.89. The van der Waals surface area contributed by atoms with E-state index in [-0.39, 0.29) is 30.8 Å². The quantitative estimate of drug-likeness (QED) is 0.635. The monoisotopic (exact) mass is 490 g/mol. The molecular weight excluding hydrogens is 460 g/mol. The molecule has 184 valence electrons. The fourth-order valence-electron chi connectivity index (χ4n) is 3.68. The number of amides is 1. The fourth-order valence-corrected chi connectivity index (χ4v) is 5.10. The topological polar surface area (TPSA) is 122 Å². The summed E-state index contributed by atoms with van der Waals surface area (Å²) in [6.45, 7) is 5.33. The van der Waals surface area contributed by atoms with Gasteiger partial charge in [0.1, 0.15) is 16.9 Å². The molecule has 1 amide bonds. The molecule has 0 saturated carbocycles. The third-order valence-electron chi connectivity index (χ3n) is 5.60. The molecule has 0 radical (unpaired) electrons. The Morgan fingerprint density at radius 2 is 1.47 bits per heavy atom. The van der Waals surface area contributed by atoms with Crippen molar-refractivity contribution in [3.05, 3.63) is 48.5 Å². The van der Waals surface area contributed by atoms with Crippen LogP contribution in [-0.4, -0.2) is 61.8 Å². The largest absolute Gasteiger partial charge is 0.497 e. The molecule has 1 saturated heterocycles. The number of methoxy groups -OCH3 is 1. The van der Waals surface area contributed by atoms with Gasteiger partial charge in [0.25, 0.3) is 0 Å². The molecule has 2 aromatic rings. The average Bonchev–Trinajstić information content (AvgIpc) is 2.78. The van der Waals surface area contributed by atoms with Crippen LogP contribution in [0.25, 0.3) is 11.1 Å². The molecule has 9 nitrogen and oxygen atoms in total. The second kappa shape index (κ2) is 9.63. The first kappa shape index (κ1) is 25.5. The van der Waals surface area contributed by atoms with Gasteiger partial charge in [-0.1, -0.05) is 24.3 Å². The number of carboxylic acids is 1. The smallest absolute Gasteiger partial charge is 0.410 e. The minimum absolute atomic E-state index is 0.0417. The van der Waals surface area contributed by atoms with Crippen LogP contribution < -0.4 is 9.46 Å². The summed E-state index contributed by atoms with van der Waals surface area (Å²) in [7, 11) is -2.55. The number of piperidine rings is 1. The zero-order chi connectivity index (χ0) is 25.1. The Kier molecular flexibility index (Phi) is 7.23. The first-order chi connectivity index (χ1) is 15.8. The van der Waals surface area contributed by atoms with Crippen molar-refractivity contribution in [1.29, 1.82) is 0 Å². The molecule has 3 rings (SSSR count). The number of nitrogens with one attached hydrogen (secondary N) is 1. The maximum Gasteiger partial charge on any atom is 0.410 e. The van der Waals surface area contributed by atoms with E-state index in [1.165, 1.54) is 17.0 Å². The lowest BCUT2D eigenvalue weighted by atomic mass is 9.89. The van der Waals surface area contributed by atoms with Crippen molar-refractivity contribution in [2.45, 2.75) is 49.6 Å². The summed E-state index contributed by atoms with van der Waals surface area (Å²) in [5.74, 6) is -0.571. The molecule has 0 unspecified atom stereocenters. The minimum Gasteiger partial charge on any atom is -0.497 e. The summed E-state index contributed by atoms with van der Waals surface area (Å²) >= 11 is 0. The Hall–Kier alpha value is -3.11. The lowest BCUT2D eigenvalue weighted by Gasteiger charge is -2.39. The number of hydrogen-bond donors (Lipinski definition) is 2. The second-order valence-electron chi connectivity index (χ2n) is 9.21. The SMILES string of the molecule is COc1ccc(-c2ccc(S(=O)(=O)NC3(C(=O)O)CCN(C(=O)OC(C)(C)C)CC3)cc2)cc1. The molecule has 1 aliphatic rings. The number of carboxylic acid groups (broad SMARTS) is 1. The van der Waals surface area contributed by atoms with E-state index in [1.807, 2.05) is 24.3 Å². The minimum atomic E-state index is -4.13. The van der Waals surface area contributed by atoms with Crippen LogP contribution in [0.15, 0.2) is 53.4 Å². The number of carbonyl (C=O) groups excluding carboxylic acids is 1. The van der Waals surface area contributed by atoms with E-state index >= 15 is 0 Å². The standard InChI is InChI=1S/C24H30N2O7S/c1-23(2,3)33-22(29)26-15-13-24(14-16-26,21(27)28)25-34(30,31)20-11-7-18(8-12-20)17-5-9-19(32-4)10-6-17/h5-12,25H,13-16H2,1-4H3,(H,27,28). The van der Waals surface area contributed by atoms with Crippen molar-refractivity contribution >= 4 is 22.1 Å². The van der Waals surface area contributed by atoms with E-state index in [9.17, 15) is 23.1 Å². The Morgan fingerprint density at radius 1 is 0.971 bits per heavy atom. The van der Waals surface area contributed by atoms with Crippen LogP contribution in [-0.2, 0) is 19.6 Å². The van der Waals surface area contributed by atoms with Gasteiger partial charge < -0.3 is 19.5 Å². The van der Waals surface area contributed by atoms with E-state index in [0.717, 1.165) is 11.1 Å². The van der Waals surface area contributed by atoms with Crippen molar-refractivity contribution in [2.75, 3.05) is 20.2 Å². The second-order valence-corrected chi connectivity index (χ2v) is 10.9. The number of sulfonamides is 1. The maximum atomic E-state index is 13.0. The number of ether oxygens (including phenoxy) is 2. The highest BCUT2D eigenvalue weighted by Crippen LogP contribution is 2.28. The molecule has 2 aromatic carbocycles. The highest BCUT2D eigenvalue weighted by atomic mass is 32.2. The Labute approximate surface area is 199 Å². The number of nitrogens with zero attached hydrogens (tertiary/aromatic N) is 1. The van der Waals surface area contributed by atoms with Crippen molar-refractivity contribution in [1.82, 2.24) is 9.62 Å². The van der Waals surface area contributed by atoms with Crippen LogP contribution in [0.2, 0.25) is 0 Å². The van der Waals surface area contributed by atoms with Crippen LogP contribution in [0.3, 0.4) is 0 Å².